The Bertz CT molecular complexity index is 1090. The summed E-state index contributed by atoms with van der Waals surface area (Å²) in [5, 5.41) is 0.646. The van der Waals surface area contributed by atoms with E-state index < -0.39 is 0 Å². The van der Waals surface area contributed by atoms with Crippen molar-refractivity contribution in [2.75, 3.05) is 23.9 Å². The topological polar surface area (TPSA) is 32.8 Å². The van der Waals surface area contributed by atoms with Crippen molar-refractivity contribution in [3.05, 3.63) is 69.7 Å². The van der Waals surface area contributed by atoms with Crippen LogP contribution >= 0.6 is 23.4 Å². The van der Waals surface area contributed by atoms with Gasteiger partial charge in [-0.3, -0.25) is 4.79 Å². The predicted molar refractivity (Wildman–Crippen MR) is 178 cm³/mol. The molecule has 0 bridgehead atoms. The third-order valence-corrected chi connectivity index (χ3v) is 9.02. The van der Waals surface area contributed by atoms with Gasteiger partial charge in [-0.2, -0.15) is 0 Å². The SMILES string of the molecule is CCCCCCCCCCCCCCOc1cc(CCN(C(C)=O)c2cccc(CN3C=C(C)SC3)c2)ccc1Cl. The van der Waals surface area contributed by atoms with Crippen molar-refractivity contribution < 1.29 is 9.53 Å². The zero-order chi connectivity index (χ0) is 29.3. The van der Waals surface area contributed by atoms with Crippen LogP contribution in [0.15, 0.2) is 53.6 Å². The number of hydrogen-bond donors (Lipinski definition) is 0. The molecule has 2 aromatic carbocycles. The number of carbonyl (C=O) groups excluding carboxylic acids is 1. The second-order valence-electron chi connectivity index (χ2n) is 11.4. The third-order valence-electron chi connectivity index (χ3n) is 7.69. The number of rotatable bonds is 20. The molecule has 0 spiro atoms. The number of hydrogen-bond acceptors (Lipinski definition) is 4. The van der Waals surface area contributed by atoms with Crippen molar-refractivity contribution in [3.63, 3.8) is 0 Å². The molecule has 1 heterocycles. The molecule has 3 rings (SSSR count). The molecule has 0 atom stereocenters. The molecule has 2 aromatic rings. The van der Waals surface area contributed by atoms with E-state index in [0.717, 1.165) is 42.3 Å². The van der Waals surface area contributed by atoms with Gasteiger partial charge in [0.15, 0.2) is 0 Å². The summed E-state index contributed by atoms with van der Waals surface area (Å²) in [5.74, 6) is 1.77. The fourth-order valence-corrected chi connectivity index (χ4v) is 6.24. The summed E-state index contributed by atoms with van der Waals surface area (Å²) >= 11 is 8.32. The third kappa shape index (κ3) is 12.7. The first-order chi connectivity index (χ1) is 20.0. The minimum Gasteiger partial charge on any atom is -0.492 e. The fraction of sp³-hybridized carbons (Fsp3) is 0.571. The van der Waals surface area contributed by atoms with Crippen molar-refractivity contribution in [1.29, 1.82) is 0 Å². The summed E-state index contributed by atoms with van der Waals surface area (Å²) in [4.78, 5) is 18.1. The summed E-state index contributed by atoms with van der Waals surface area (Å²) in [6.45, 7) is 8.21. The van der Waals surface area contributed by atoms with Crippen LogP contribution in [0.2, 0.25) is 5.02 Å². The lowest BCUT2D eigenvalue weighted by atomic mass is 10.1. The van der Waals surface area contributed by atoms with Gasteiger partial charge in [0.25, 0.3) is 0 Å². The van der Waals surface area contributed by atoms with Crippen molar-refractivity contribution in [2.24, 2.45) is 0 Å². The van der Waals surface area contributed by atoms with Crippen LogP contribution < -0.4 is 9.64 Å². The predicted octanol–water partition coefficient (Wildman–Crippen LogP) is 10.4. The number of allylic oxidation sites excluding steroid dienone is 1. The maximum atomic E-state index is 12.6. The first-order valence-electron chi connectivity index (χ1n) is 15.8. The molecular formula is C35H51ClN2O2S. The van der Waals surface area contributed by atoms with E-state index in [1.807, 2.05) is 47.0 Å². The Labute approximate surface area is 258 Å². The zero-order valence-corrected chi connectivity index (χ0v) is 27.2. The van der Waals surface area contributed by atoms with Crippen LogP contribution in [-0.2, 0) is 17.8 Å². The van der Waals surface area contributed by atoms with E-state index in [9.17, 15) is 4.79 Å². The van der Waals surface area contributed by atoms with E-state index in [4.69, 9.17) is 16.3 Å². The van der Waals surface area contributed by atoms with Gasteiger partial charge < -0.3 is 14.5 Å². The summed E-state index contributed by atoms with van der Waals surface area (Å²) in [7, 11) is 0. The monoisotopic (exact) mass is 598 g/mol. The van der Waals surface area contributed by atoms with Crippen molar-refractivity contribution in [1.82, 2.24) is 4.90 Å². The van der Waals surface area contributed by atoms with Gasteiger partial charge in [0.2, 0.25) is 5.91 Å². The van der Waals surface area contributed by atoms with Gasteiger partial charge in [-0.15, -0.1) is 11.8 Å². The minimum atomic E-state index is 0.0482. The van der Waals surface area contributed by atoms with Gasteiger partial charge in [0.1, 0.15) is 5.75 Å². The van der Waals surface area contributed by atoms with Crippen molar-refractivity contribution in [2.45, 2.75) is 111 Å². The van der Waals surface area contributed by atoms with Gasteiger partial charge in [0.05, 0.1) is 17.5 Å². The Kier molecular flexibility index (Phi) is 15.6. The van der Waals surface area contributed by atoms with E-state index >= 15 is 0 Å². The van der Waals surface area contributed by atoms with Crippen LogP contribution in [0.3, 0.4) is 0 Å². The van der Waals surface area contributed by atoms with Crippen LogP contribution in [0.1, 0.15) is 109 Å². The number of halogens is 1. The number of thioether (sulfide) groups is 1. The van der Waals surface area contributed by atoms with Crippen LogP contribution in [0.5, 0.6) is 5.75 Å². The summed E-state index contributed by atoms with van der Waals surface area (Å²) in [6.07, 6.45) is 18.9. The summed E-state index contributed by atoms with van der Waals surface area (Å²) in [6, 6.07) is 14.3. The molecule has 1 amide bonds. The second kappa shape index (κ2) is 19.2. The van der Waals surface area contributed by atoms with Crippen molar-refractivity contribution in [3.8, 4) is 5.75 Å². The van der Waals surface area contributed by atoms with E-state index in [-0.39, 0.29) is 5.91 Å². The lowest BCUT2D eigenvalue weighted by Gasteiger charge is -2.23. The van der Waals surface area contributed by atoms with E-state index in [1.165, 1.54) is 81.1 Å². The number of carbonyl (C=O) groups is 1. The van der Waals surface area contributed by atoms with Gasteiger partial charge in [-0.1, -0.05) is 107 Å². The van der Waals surface area contributed by atoms with Crippen LogP contribution in [0, 0.1) is 0 Å². The Morgan fingerprint density at radius 1 is 0.927 bits per heavy atom. The number of unbranched alkanes of at least 4 members (excludes halogenated alkanes) is 11. The molecule has 0 N–H and O–H groups in total. The highest BCUT2D eigenvalue weighted by molar-refractivity contribution is 8.03. The van der Waals surface area contributed by atoms with E-state index in [1.54, 1.807) is 6.92 Å². The maximum Gasteiger partial charge on any atom is 0.223 e. The number of amides is 1. The second-order valence-corrected chi connectivity index (χ2v) is 13.0. The molecule has 1 aliphatic rings. The zero-order valence-electron chi connectivity index (χ0n) is 25.6. The molecule has 0 fully saturated rings. The normalized spacial score (nSPS) is 13.0. The summed E-state index contributed by atoms with van der Waals surface area (Å²) in [5.41, 5.74) is 3.27. The Hall–Kier alpha value is -2.11. The number of anilines is 1. The smallest absolute Gasteiger partial charge is 0.223 e. The van der Waals surface area contributed by atoms with Crippen LogP contribution in [0.25, 0.3) is 0 Å². The lowest BCUT2D eigenvalue weighted by molar-refractivity contribution is -0.116. The molecule has 226 valence electrons. The largest absolute Gasteiger partial charge is 0.492 e. The van der Waals surface area contributed by atoms with Gasteiger partial charge in [-0.25, -0.2) is 0 Å². The highest BCUT2D eigenvalue weighted by Crippen LogP contribution is 2.28. The highest BCUT2D eigenvalue weighted by atomic mass is 35.5. The molecule has 0 saturated heterocycles. The first-order valence-corrected chi connectivity index (χ1v) is 17.2. The van der Waals surface area contributed by atoms with Crippen LogP contribution in [-0.4, -0.2) is 29.8 Å². The summed E-state index contributed by atoms with van der Waals surface area (Å²) < 4.78 is 6.07. The van der Waals surface area contributed by atoms with Gasteiger partial charge in [0, 0.05) is 31.9 Å². The Balaban J connectivity index is 1.39. The molecular weight excluding hydrogens is 548 g/mol. The fourth-order valence-electron chi connectivity index (χ4n) is 5.31. The molecule has 0 saturated carbocycles. The molecule has 4 nitrogen and oxygen atoms in total. The quantitative estimate of drug-likeness (QED) is 0.142. The van der Waals surface area contributed by atoms with Crippen molar-refractivity contribution >= 4 is 35.0 Å². The average Bonchev–Trinajstić information content (AvgIpc) is 3.37. The molecule has 41 heavy (non-hydrogen) atoms. The average molecular weight is 599 g/mol. The van der Waals surface area contributed by atoms with E-state index in [2.05, 4.69) is 37.1 Å². The lowest BCUT2D eigenvalue weighted by Crippen LogP contribution is -2.30. The number of benzene rings is 2. The van der Waals surface area contributed by atoms with Gasteiger partial charge in [-0.05, 0) is 60.1 Å². The molecule has 0 aliphatic carbocycles. The first kappa shape index (κ1) is 33.4. The number of ether oxygens (including phenoxy) is 1. The number of nitrogens with zero attached hydrogens (tertiary/aromatic N) is 2. The minimum absolute atomic E-state index is 0.0482. The molecule has 0 aromatic heterocycles. The Morgan fingerprint density at radius 2 is 1.61 bits per heavy atom. The molecule has 6 heteroatoms. The van der Waals surface area contributed by atoms with E-state index in [0.29, 0.717) is 18.2 Å². The molecule has 0 unspecified atom stereocenters. The van der Waals surface area contributed by atoms with Gasteiger partial charge >= 0.3 is 0 Å². The maximum absolute atomic E-state index is 12.6. The molecule has 1 aliphatic heterocycles. The Morgan fingerprint density at radius 3 is 2.24 bits per heavy atom. The highest BCUT2D eigenvalue weighted by Gasteiger charge is 2.15. The molecule has 0 radical (unpaired) electrons. The van der Waals surface area contributed by atoms with Crippen LogP contribution in [0.4, 0.5) is 5.69 Å². The standard InChI is InChI=1S/C35H51ClN2O2S/c1-4-5-6-7-8-9-10-11-12-13-14-15-23-40-35-25-31(19-20-34(35)36)21-22-38(30(3)39)33-18-16-17-32(24-33)27-37-26-29(2)41-28-37/h16-20,24-26H,4-15,21-23,27-28H2,1-3H3.